The zero-order chi connectivity index (χ0) is 24.5. The van der Waals surface area contributed by atoms with E-state index < -0.39 is 6.04 Å². The molecule has 176 valence electrons. The van der Waals surface area contributed by atoms with Crippen molar-refractivity contribution in [2.75, 3.05) is 7.05 Å². The Hall–Kier alpha value is -3.93. The van der Waals surface area contributed by atoms with E-state index in [4.69, 9.17) is 0 Å². The van der Waals surface area contributed by atoms with Crippen molar-refractivity contribution in [3.8, 4) is 0 Å². The van der Waals surface area contributed by atoms with E-state index in [0.29, 0.717) is 17.7 Å². The molecule has 0 heterocycles. The fraction of sp³-hybridized carbons (Fsp3) is 0.250. The van der Waals surface area contributed by atoms with Gasteiger partial charge in [0.1, 0.15) is 0 Å². The normalized spacial score (nSPS) is 11.5. The second kappa shape index (κ2) is 11.8. The van der Waals surface area contributed by atoms with E-state index in [1.807, 2.05) is 62.4 Å². The van der Waals surface area contributed by atoms with E-state index in [2.05, 4.69) is 10.6 Å². The topological polar surface area (TPSA) is 78.5 Å². The number of hydrogen-bond donors (Lipinski definition) is 2. The number of benzene rings is 3. The van der Waals surface area contributed by atoms with E-state index >= 15 is 0 Å². The maximum absolute atomic E-state index is 12.7. The molecule has 0 spiro atoms. The zero-order valence-corrected chi connectivity index (χ0v) is 19.8. The van der Waals surface area contributed by atoms with Crippen LogP contribution in [0.3, 0.4) is 0 Å². The zero-order valence-electron chi connectivity index (χ0n) is 19.8. The van der Waals surface area contributed by atoms with Crippen molar-refractivity contribution in [1.82, 2.24) is 15.5 Å². The van der Waals surface area contributed by atoms with E-state index in [-0.39, 0.29) is 30.2 Å². The standard InChI is InChI=1S/C28H31N3O3/c1-20(2)31(3)28(34)24-16-14-21(15-17-24)19-29-26(32)18-25(22-10-6-4-7-11-22)30-27(33)23-12-8-5-9-13-23/h4-17,20,25H,18-19H2,1-3H3,(H,29,32)(H,30,33). The van der Waals surface area contributed by atoms with Gasteiger partial charge in [0, 0.05) is 30.8 Å². The van der Waals surface area contributed by atoms with Gasteiger partial charge in [0.15, 0.2) is 0 Å². The fourth-order valence-electron chi connectivity index (χ4n) is 3.43. The van der Waals surface area contributed by atoms with Crippen LogP contribution in [-0.2, 0) is 11.3 Å². The van der Waals surface area contributed by atoms with Crippen LogP contribution >= 0.6 is 0 Å². The summed E-state index contributed by atoms with van der Waals surface area (Å²) in [6, 6.07) is 25.3. The molecule has 0 fully saturated rings. The van der Waals surface area contributed by atoms with Crippen LogP contribution in [0.4, 0.5) is 0 Å². The first-order chi connectivity index (χ1) is 16.3. The average Bonchev–Trinajstić information content (AvgIpc) is 2.87. The molecule has 3 aromatic rings. The van der Waals surface area contributed by atoms with Gasteiger partial charge in [0.05, 0.1) is 12.5 Å². The molecule has 1 atom stereocenters. The Kier molecular flexibility index (Phi) is 8.57. The molecule has 0 aliphatic rings. The summed E-state index contributed by atoms with van der Waals surface area (Å²) in [7, 11) is 1.78. The highest BCUT2D eigenvalue weighted by Gasteiger charge is 2.19. The first-order valence-electron chi connectivity index (χ1n) is 11.4. The summed E-state index contributed by atoms with van der Waals surface area (Å²) in [6.45, 7) is 4.26. The number of nitrogens with one attached hydrogen (secondary N) is 2. The molecule has 3 rings (SSSR count). The molecule has 3 amide bonds. The second-order valence-electron chi connectivity index (χ2n) is 8.49. The lowest BCUT2D eigenvalue weighted by atomic mass is 10.0. The summed E-state index contributed by atoms with van der Waals surface area (Å²) in [5, 5.41) is 5.89. The number of carbonyl (C=O) groups excluding carboxylic acids is 3. The predicted octanol–water partition coefficient (Wildman–Crippen LogP) is 4.34. The maximum atomic E-state index is 12.7. The minimum absolute atomic E-state index is 0.0366. The minimum Gasteiger partial charge on any atom is -0.352 e. The van der Waals surface area contributed by atoms with Crippen LogP contribution in [0.15, 0.2) is 84.9 Å². The molecular weight excluding hydrogens is 426 g/mol. The first kappa shape index (κ1) is 24.7. The van der Waals surface area contributed by atoms with Gasteiger partial charge in [-0.05, 0) is 49.2 Å². The average molecular weight is 458 g/mol. The Morgan fingerprint density at radius 3 is 1.97 bits per heavy atom. The lowest BCUT2D eigenvalue weighted by Crippen LogP contribution is -2.33. The Morgan fingerprint density at radius 2 is 1.38 bits per heavy atom. The number of nitrogens with zero attached hydrogens (tertiary/aromatic N) is 1. The molecule has 0 aliphatic carbocycles. The Balaban J connectivity index is 1.61. The van der Waals surface area contributed by atoms with Crippen molar-refractivity contribution in [3.63, 3.8) is 0 Å². The molecule has 34 heavy (non-hydrogen) atoms. The second-order valence-corrected chi connectivity index (χ2v) is 8.49. The summed E-state index contributed by atoms with van der Waals surface area (Å²) in [5.41, 5.74) is 2.90. The third-order valence-electron chi connectivity index (χ3n) is 5.72. The molecular formula is C28H31N3O3. The summed E-state index contributed by atoms with van der Waals surface area (Å²) in [6.07, 6.45) is 0.109. The van der Waals surface area contributed by atoms with Crippen LogP contribution in [0.25, 0.3) is 0 Å². The van der Waals surface area contributed by atoms with Gasteiger partial charge >= 0.3 is 0 Å². The molecule has 0 radical (unpaired) electrons. The van der Waals surface area contributed by atoms with Gasteiger partial charge in [0.2, 0.25) is 5.91 Å². The third-order valence-corrected chi connectivity index (χ3v) is 5.72. The quantitative estimate of drug-likeness (QED) is 0.502. The van der Waals surface area contributed by atoms with E-state index in [9.17, 15) is 14.4 Å². The maximum Gasteiger partial charge on any atom is 0.253 e. The Morgan fingerprint density at radius 1 is 0.794 bits per heavy atom. The van der Waals surface area contributed by atoms with Gasteiger partial charge in [-0.2, -0.15) is 0 Å². The predicted molar refractivity (Wildman–Crippen MR) is 133 cm³/mol. The van der Waals surface area contributed by atoms with Crippen molar-refractivity contribution in [1.29, 1.82) is 0 Å². The van der Waals surface area contributed by atoms with Crippen molar-refractivity contribution in [3.05, 3.63) is 107 Å². The molecule has 6 nitrogen and oxygen atoms in total. The van der Waals surface area contributed by atoms with Gasteiger partial charge in [-0.3, -0.25) is 14.4 Å². The fourth-order valence-corrected chi connectivity index (χ4v) is 3.43. The van der Waals surface area contributed by atoms with Crippen LogP contribution in [0.2, 0.25) is 0 Å². The summed E-state index contributed by atoms with van der Waals surface area (Å²) >= 11 is 0. The van der Waals surface area contributed by atoms with Crippen molar-refractivity contribution in [2.24, 2.45) is 0 Å². The van der Waals surface area contributed by atoms with Crippen molar-refractivity contribution >= 4 is 17.7 Å². The highest BCUT2D eigenvalue weighted by Crippen LogP contribution is 2.18. The molecule has 0 aliphatic heterocycles. The molecule has 1 unspecified atom stereocenters. The number of carbonyl (C=O) groups is 3. The van der Waals surface area contributed by atoms with Gasteiger partial charge < -0.3 is 15.5 Å². The van der Waals surface area contributed by atoms with Gasteiger partial charge in [-0.25, -0.2) is 0 Å². The number of rotatable bonds is 9. The lowest BCUT2D eigenvalue weighted by Gasteiger charge is -2.21. The van der Waals surface area contributed by atoms with Gasteiger partial charge in [0.25, 0.3) is 11.8 Å². The Labute approximate surface area is 201 Å². The monoisotopic (exact) mass is 457 g/mol. The van der Waals surface area contributed by atoms with Crippen molar-refractivity contribution < 1.29 is 14.4 Å². The lowest BCUT2D eigenvalue weighted by molar-refractivity contribution is -0.121. The molecule has 2 N–H and O–H groups in total. The molecule has 0 bridgehead atoms. The summed E-state index contributed by atoms with van der Waals surface area (Å²) < 4.78 is 0. The van der Waals surface area contributed by atoms with Crippen molar-refractivity contribution in [2.45, 2.75) is 38.9 Å². The van der Waals surface area contributed by atoms with Gasteiger partial charge in [-0.1, -0.05) is 60.7 Å². The third kappa shape index (κ3) is 6.78. The van der Waals surface area contributed by atoms with E-state index in [1.165, 1.54) is 0 Å². The SMILES string of the molecule is CC(C)N(C)C(=O)c1ccc(CNC(=O)CC(NC(=O)c2ccccc2)c2ccccc2)cc1. The first-order valence-corrected chi connectivity index (χ1v) is 11.4. The molecule has 0 saturated heterocycles. The summed E-state index contributed by atoms with van der Waals surface area (Å²) in [5.74, 6) is -0.443. The van der Waals surface area contributed by atoms with Crippen LogP contribution < -0.4 is 10.6 Å². The molecule has 0 aromatic heterocycles. The Bertz CT molecular complexity index is 1100. The highest BCUT2D eigenvalue weighted by molar-refractivity contribution is 5.95. The van der Waals surface area contributed by atoms with Crippen LogP contribution in [0.5, 0.6) is 0 Å². The molecule has 0 saturated carbocycles. The molecule has 3 aromatic carbocycles. The molecule has 6 heteroatoms. The minimum atomic E-state index is -0.458. The van der Waals surface area contributed by atoms with Crippen LogP contribution in [0.1, 0.15) is 58.2 Å². The van der Waals surface area contributed by atoms with Gasteiger partial charge in [-0.15, -0.1) is 0 Å². The van der Waals surface area contributed by atoms with E-state index in [1.54, 1.807) is 48.3 Å². The highest BCUT2D eigenvalue weighted by atomic mass is 16.2. The van der Waals surface area contributed by atoms with Crippen LogP contribution in [-0.4, -0.2) is 35.7 Å². The van der Waals surface area contributed by atoms with Crippen LogP contribution in [0, 0.1) is 0 Å². The number of amides is 3. The summed E-state index contributed by atoms with van der Waals surface area (Å²) in [4.78, 5) is 39.5. The smallest absolute Gasteiger partial charge is 0.253 e. The van der Waals surface area contributed by atoms with E-state index in [0.717, 1.165) is 11.1 Å². The largest absolute Gasteiger partial charge is 0.352 e. The number of hydrogen-bond acceptors (Lipinski definition) is 3.